The second-order valence-electron chi connectivity index (χ2n) is 6.76. The Balaban J connectivity index is 1.68. The number of nitro groups is 1. The van der Waals surface area contributed by atoms with Crippen molar-refractivity contribution in [1.82, 2.24) is 5.32 Å². The number of carbonyl (C=O) groups excluding carboxylic acids is 1. The van der Waals surface area contributed by atoms with Gasteiger partial charge in [0.05, 0.1) is 10.3 Å². The number of nitrogens with zero attached hydrogens (tertiary/aromatic N) is 1. The van der Waals surface area contributed by atoms with Crippen LogP contribution in [0.15, 0.2) is 24.3 Å². The lowest BCUT2D eigenvalue weighted by molar-refractivity contribution is -0.384. The number of aliphatic carboxylic acids is 1. The molecule has 3 N–H and O–H groups in total. The highest BCUT2D eigenvalue weighted by atomic mass is 16.6. The Hall–Kier alpha value is -2.64. The molecule has 0 spiro atoms. The average molecular weight is 363 g/mol. The molecule has 142 valence electrons. The van der Waals surface area contributed by atoms with Crippen molar-refractivity contribution >= 4 is 23.3 Å². The smallest absolute Gasteiger partial charge is 0.311 e. The summed E-state index contributed by atoms with van der Waals surface area (Å²) in [5.41, 5.74) is -0.0293. The molecule has 8 heteroatoms. The Bertz CT molecular complexity index is 639. The number of carbonyl (C=O) groups is 2. The Kier molecular flexibility index (Phi) is 6.94. The van der Waals surface area contributed by atoms with E-state index in [0.29, 0.717) is 32.2 Å². The summed E-state index contributed by atoms with van der Waals surface area (Å²) >= 11 is 0. The molecule has 0 heterocycles. The van der Waals surface area contributed by atoms with Crippen LogP contribution in [0.1, 0.15) is 44.9 Å². The van der Waals surface area contributed by atoms with E-state index >= 15 is 0 Å². The number of carboxylic acid groups (broad SMARTS) is 1. The van der Waals surface area contributed by atoms with Gasteiger partial charge in [-0.15, -0.1) is 0 Å². The summed E-state index contributed by atoms with van der Waals surface area (Å²) in [5.74, 6) is -0.973. The van der Waals surface area contributed by atoms with E-state index in [4.69, 9.17) is 0 Å². The monoisotopic (exact) mass is 363 g/mol. The molecule has 8 nitrogen and oxygen atoms in total. The second-order valence-corrected chi connectivity index (χ2v) is 6.76. The highest BCUT2D eigenvalue weighted by molar-refractivity contribution is 5.79. The summed E-state index contributed by atoms with van der Waals surface area (Å²) in [4.78, 5) is 33.7. The van der Waals surface area contributed by atoms with E-state index in [1.54, 1.807) is 12.1 Å². The highest BCUT2D eigenvalue weighted by Crippen LogP contribution is 2.36. The van der Waals surface area contributed by atoms with E-state index in [1.807, 2.05) is 0 Å². The fourth-order valence-electron chi connectivity index (χ4n) is 3.23. The summed E-state index contributed by atoms with van der Waals surface area (Å²) in [5, 5.41) is 26.0. The van der Waals surface area contributed by atoms with Crippen molar-refractivity contribution < 1.29 is 19.6 Å². The number of rotatable bonds is 9. The average Bonchev–Trinajstić information content (AvgIpc) is 2.64. The van der Waals surface area contributed by atoms with Crippen LogP contribution in [0.5, 0.6) is 0 Å². The Morgan fingerprint density at radius 1 is 1.15 bits per heavy atom. The largest absolute Gasteiger partial charge is 0.481 e. The molecule has 1 aliphatic rings. The molecule has 0 radical (unpaired) electrons. The van der Waals surface area contributed by atoms with Gasteiger partial charge in [0.15, 0.2) is 0 Å². The molecule has 0 unspecified atom stereocenters. The van der Waals surface area contributed by atoms with E-state index in [2.05, 4.69) is 10.6 Å². The van der Waals surface area contributed by atoms with Gasteiger partial charge in [0.25, 0.3) is 5.69 Å². The molecule has 0 aliphatic heterocycles. The first-order valence-electron chi connectivity index (χ1n) is 8.91. The van der Waals surface area contributed by atoms with Crippen molar-refractivity contribution in [3.05, 3.63) is 34.4 Å². The maximum Gasteiger partial charge on any atom is 0.311 e. The summed E-state index contributed by atoms with van der Waals surface area (Å²) in [6.45, 7) is 0.742. The second kappa shape index (κ2) is 9.17. The number of nitrogens with one attached hydrogen (secondary N) is 2. The fourth-order valence-corrected chi connectivity index (χ4v) is 3.23. The van der Waals surface area contributed by atoms with E-state index in [1.165, 1.54) is 12.1 Å². The number of amides is 1. The van der Waals surface area contributed by atoms with Crippen LogP contribution in [-0.2, 0) is 9.59 Å². The fraction of sp³-hybridized carbons (Fsp3) is 0.556. The number of anilines is 1. The van der Waals surface area contributed by atoms with E-state index in [0.717, 1.165) is 24.9 Å². The number of carboxylic acids is 1. The van der Waals surface area contributed by atoms with Crippen LogP contribution in [-0.4, -0.2) is 35.0 Å². The zero-order valence-corrected chi connectivity index (χ0v) is 14.7. The lowest BCUT2D eigenvalue weighted by Gasteiger charge is -2.33. The minimum atomic E-state index is -0.822. The maximum atomic E-state index is 12.0. The van der Waals surface area contributed by atoms with Gasteiger partial charge in [0, 0.05) is 37.3 Å². The van der Waals surface area contributed by atoms with Gasteiger partial charge in [0.2, 0.25) is 5.91 Å². The maximum absolute atomic E-state index is 12.0. The van der Waals surface area contributed by atoms with Crippen molar-refractivity contribution in [2.45, 2.75) is 44.9 Å². The Morgan fingerprint density at radius 2 is 1.81 bits per heavy atom. The van der Waals surface area contributed by atoms with Crippen molar-refractivity contribution in [2.24, 2.45) is 5.41 Å². The summed E-state index contributed by atoms with van der Waals surface area (Å²) in [6.07, 6.45) is 4.95. The number of benzene rings is 1. The lowest BCUT2D eigenvalue weighted by atomic mass is 9.74. The van der Waals surface area contributed by atoms with Gasteiger partial charge in [-0.3, -0.25) is 19.7 Å². The van der Waals surface area contributed by atoms with Gasteiger partial charge in [-0.25, -0.2) is 0 Å². The van der Waals surface area contributed by atoms with Gasteiger partial charge in [-0.2, -0.15) is 0 Å². The molecular formula is C18H25N3O5. The molecule has 1 aromatic carbocycles. The number of non-ortho nitro benzene ring substituents is 1. The van der Waals surface area contributed by atoms with E-state index in [9.17, 15) is 24.8 Å². The van der Waals surface area contributed by atoms with Crippen molar-refractivity contribution in [1.29, 1.82) is 0 Å². The van der Waals surface area contributed by atoms with Crippen LogP contribution < -0.4 is 10.6 Å². The quantitative estimate of drug-likeness (QED) is 0.352. The number of hydrogen-bond donors (Lipinski definition) is 3. The molecule has 26 heavy (non-hydrogen) atoms. The minimum absolute atomic E-state index is 0.0324. The number of nitro benzene ring substituents is 1. The third-order valence-corrected chi connectivity index (χ3v) is 4.88. The van der Waals surface area contributed by atoms with Crippen LogP contribution in [0.2, 0.25) is 0 Å². The van der Waals surface area contributed by atoms with E-state index < -0.39 is 16.3 Å². The molecule has 0 bridgehead atoms. The third kappa shape index (κ3) is 5.44. The van der Waals surface area contributed by atoms with Crippen LogP contribution in [0.25, 0.3) is 0 Å². The Morgan fingerprint density at radius 3 is 2.38 bits per heavy atom. The van der Waals surface area contributed by atoms with Crippen molar-refractivity contribution in [3.8, 4) is 0 Å². The molecule has 1 aliphatic carbocycles. The Labute approximate surface area is 152 Å². The molecule has 0 aromatic heterocycles. The molecule has 2 rings (SSSR count). The van der Waals surface area contributed by atoms with Crippen LogP contribution >= 0.6 is 0 Å². The predicted molar refractivity (Wildman–Crippen MR) is 97.0 cm³/mol. The minimum Gasteiger partial charge on any atom is -0.481 e. The van der Waals surface area contributed by atoms with Gasteiger partial charge in [0.1, 0.15) is 0 Å². The SMILES string of the molecule is O=C(CCCNc1ccc([N+](=O)[O-])cc1)NCC1(C(=O)O)CCCCC1. The third-order valence-electron chi connectivity index (χ3n) is 4.88. The van der Waals surface area contributed by atoms with Crippen molar-refractivity contribution in [2.75, 3.05) is 18.4 Å². The topological polar surface area (TPSA) is 122 Å². The van der Waals surface area contributed by atoms with Crippen LogP contribution in [0.4, 0.5) is 11.4 Å². The van der Waals surface area contributed by atoms with Crippen molar-refractivity contribution in [3.63, 3.8) is 0 Å². The zero-order chi connectivity index (χ0) is 19.0. The summed E-state index contributed by atoms with van der Waals surface area (Å²) in [6, 6.07) is 6.09. The molecule has 1 aromatic rings. The van der Waals surface area contributed by atoms with Gasteiger partial charge in [-0.05, 0) is 31.4 Å². The van der Waals surface area contributed by atoms with Gasteiger partial charge >= 0.3 is 5.97 Å². The molecular weight excluding hydrogens is 338 g/mol. The number of hydrogen-bond acceptors (Lipinski definition) is 5. The molecule has 1 saturated carbocycles. The highest BCUT2D eigenvalue weighted by Gasteiger charge is 2.39. The first kappa shape index (κ1) is 19.7. The standard InChI is InChI=1S/C18H25N3O5/c22-16(20-13-18(17(23)24)10-2-1-3-11-18)5-4-12-19-14-6-8-15(9-7-14)21(25)26/h6-9,19H,1-5,10-13H2,(H,20,22)(H,23,24). The lowest BCUT2D eigenvalue weighted by Crippen LogP contribution is -2.44. The molecule has 1 fully saturated rings. The van der Waals surface area contributed by atoms with Crippen LogP contribution in [0.3, 0.4) is 0 Å². The normalized spacial score (nSPS) is 15.8. The van der Waals surface area contributed by atoms with E-state index in [-0.39, 0.29) is 18.1 Å². The first-order valence-corrected chi connectivity index (χ1v) is 8.91. The molecule has 0 saturated heterocycles. The van der Waals surface area contributed by atoms with Gasteiger partial charge < -0.3 is 15.7 Å². The first-order chi connectivity index (χ1) is 12.4. The molecule has 1 amide bonds. The summed E-state index contributed by atoms with van der Waals surface area (Å²) < 4.78 is 0. The zero-order valence-electron chi connectivity index (χ0n) is 14.7. The molecule has 0 atom stereocenters. The van der Waals surface area contributed by atoms with Crippen LogP contribution in [0, 0.1) is 15.5 Å². The van der Waals surface area contributed by atoms with Gasteiger partial charge in [-0.1, -0.05) is 19.3 Å². The summed E-state index contributed by atoms with van der Waals surface area (Å²) in [7, 11) is 0. The predicted octanol–water partition coefficient (Wildman–Crippen LogP) is 2.94.